The van der Waals surface area contributed by atoms with Gasteiger partial charge in [0, 0.05) is 18.1 Å². The Labute approximate surface area is 132 Å². The molecule has 2 saturated heterocycles. The molecule has 1 N–H and O–H groups in total. The summed E-state index contributed by atoms with van der Waals surface area (Å²) in [4.78, 5) is 18.5. The highest BCUT2D eigenvalue weighted by Gasteiger charge is 2.37. The summed E-state index contributed by atoms with van der Waals surface area (Å²) in [6, 6.07) is 3.38. The zero-order chi connectivity index (χ0) is 14.6. The third kappa shape index (κ3) is 2.12. The zero-order valence-electron chi connectivity index (χ0n) is 12.0. The Balaban J connectivity index is 1.80. The van der Waals surface area contributed by atoms with Gasteiger partial charge in [-0.15, -0.1) is 11.3 Å². The number of nitrogens with one attached hydrogen (secondary N) is 1. The summed E-state index contributed by atoms with van der Waals surface area (Å²) in [5.74, 6) is 0. The smallest absolute Gasteiger partial charge is 0.272 e. The van der Waals surface area contributed by atoms with Crippen molar-refractivity contribution in [3.8, 4) is 0 Å². The van der Waals surface area contributed by atoms with Crippen LogP contribution in [0.4, 0.5) is 0 Å². The predicted octanol–water partition coefficient (Wildman–Crippen LogP) is 3.31. The van der Waals surface area contributed by atoms with Crippen LogP contribution in [0, 0.1) is 4.77 Å². The molecule has 4 nitrogen and oxygen atoms in total. The maximum atomic E-state index is 12.8. The molecule has 2 aliphatic rings. The zero-order valence-corrected chi connectivity index (χ0v) is 13.7. The molecule has 0 aliphatic carbocycles. The minimum absolute atomic E-state index is 0.0939. The van der Waals surface area contributed by atoms with Crippen molar-refractivity contribution in [2.24, 2.45) is 0 Å². The third-order valence-electron chi connectivity index (χ3n) is 5.22. The number of thiophene rings is 1. The molecule has 112 valence electrons. The Kier molecular flexibility index (Phi) is 3.28. The predicted molar refractivity (Wildman–Crippen MR) is 88.7 cm³/mol. The summed E-state index contributed by atoms with van der Waals surface area (Å²) in [6.07, 6.45) is 5.90. The van der Waals surface area contributed by atoms with E-state index in [1.54, 1.807) is 0 Å². The number of hydrogen-bond acceptors (Lipinski definition) is 4. The summed E-state index contributed by atoms with van der Waals surface area (Å²) in [5, 5.41) is 1.95. The summed E-state index contributed by atoms with van der Waals surface area (Å²) in [6.45, 7) is 0. The number of nitrogens with zero attached hydrogens (tertiary/aromatic N) is 2. The lowest BCUT2D eigenvalue weighted by atomic mass is 9.82. The average Bonchev–Trinajstić information content (AvgIpc) is 2.88. The number of aromatic amines is 1. The fraction of sp³-hybridized carbons (Fsp3) is 0.600. The van der Waals surface area contributed by atoms with E-state index in [0.29, 0.717) is 16.9 Å². The van der Waals surface area contributed by atoms with E-state index in [0.717, 1.165) is 23.1 Å². The first-order valence-electron chi connectivity index (χ1n) is 7.59. The molecule has 2 atom stereocenters. The molecular weight excluding hydrogens is 302 g/mol. The van der Waals surface area contributed by atoms with Crippen LogP contribution >= 0.6 is 23.6 Å². The van der Waals surface area contributed by atoms with E-state index in [4.69, 9.17) is 12.2 Å². The molecule has 2 unspecified atom stereocenters. The number of rotatable bonds is 1. The van der Waals surface area contributed by atoms with E-state index in [1.165, 1.54) is 30.6 Å². The SMILES string of the molecule is CN1C2CCCC1CC(n1c(=S)[nH]c3ccsc3c1=O)C2. The van der Waals surface area contributed by atoms with Gasteiger partial charge in [0.2, 0.25) is 0 Å². The van der Waals surface area contributed by atoms with Crippen LogP contribution in [0.1, 0.15) is 38.1 Å². The maximum Gasteiger partial charge on any atom is 0.272 e. The molecule has 6 heteroatoms. The van der Waals surface area contributed by atoms with Gasteiger partial charge in [0.15, 0.2) is 4.77 Å². The maximum absolute atomic E-state index is 12.8. The van der Waals surface area contributed by atoms with Crippen LogP contribution in [0.25, 0.3) is 10.2 Å². The lowest BCUT2D eigenvalue weighted by Crippen LogP contribution is -2.51. The van der Waals surface area contributed by atoms with Crippen molar-refractivity contribution in [1.29, 1.82) is 0 Å². The molecule has 2 fully saturated rings. The fourth-order valence-corrected chi connectivity index (χ4v) is 5.21. The second kappa shape index (κ2) is 5.04. The third-order valence-corrected chi connectivity index (χ3v) is 6.42. The van der Waals surface area contributed by atoms with Gasteiger partial charge in [-0.3, -0.25) is 9.36 Å². The molecule has 0 radical (unpaired) electrons. The highest BCUT2D eigenvalue weighted by atomic mass is 32.1. The monoisotopic (exact) mass is 321 g/mol. The van der Waals surface area contributed by atoms with Gasteiger partial charge in [0.05, 0.1) is 5.52 Å². The first-order chi connectivity index (χ1) is 10.1. The quantitative estimate of drug-likeness (QED) is 0.819. The number of piperidine rings is 2. The van der Waals surface area contributed by atoms with E-state index in [-0.39, 0.29) is 11.6 Å². The minimum atomic E-state index is 0.0939. The Bertz CT molecular complexity index is 776. The van der Waals surface area contributed by atoms with Crippen molar-refractivity contribution in [1.82, 2.24) is 14.5 Å². The first-order valence-corrected chi connectivity index (χ1v) is 8.88. The molecule has 4 rings (SSSR count). The van der Waals surface area contributed by atoms with Gasteiger partial charge in [0.25, 0.3) is 5.56 Å². The molecule has 2 aromatic heterocycles. The minimum Gasteiger partial charge on any atom is -0.331 e. The second-order valence-electron chi connectivity index (χ2n) is 6.30. The molecule has 0 spiro atoms. The van der Waals surface area contributed by atoms with Crippen LogP contribution < -0.4 is 5.56 Å². The Morgan fingerprint density at radius 1 is 1.29 bits per heavy atom. The van der Waals surface area contributed by atoms with Crippen LogP contribution in [0.2, 0.25) is 0 Å². The lowest BCUT2D eigenvalue weighted by Gasteiger charge is -2.47. The number of aromatic nitrogens is 2. The van der Waals surface area contributed by atoms with Crippen molar-refractivity contribution in [3.05, 3.63) is 26.6 Å². The van der Waals surface area contributed by atoms with E-state index in [2.05, 4.69) is 16.9 Å². The molecule has 21 heavy (non-hydrogen) atoms. The van der Waals surface area contributed by atoms with Crippen LogP contribution in [0.5, 0.6) is 0 Å². The molecule has 2 aliphatic heterocycles. The normalized spacial score (nSPS) is 29.9. The van der Waals surface area contributed by atoms with Crippen LogP contribution in [-0.2, 0) is 0 Å². The van der Waals surface area contributed by atoms with Crippen LogP contribution in [0.15, 0.2) is 16.2 Å². The molecule has 0 saturated carbocycles. The van der Waals surface area contributed by atoms with Crippen LogP contribution in [0.3, 0.4) is 0 Å². The topological polar surface area (TPSA) is 41.0 Å². The molecule has 4 heterocycles. The standard InChI is InChI=1S/C15H19N3OS2/c1-17-9-3-2-4-10(17)8-11(7-9)18-14(19)13-12(5-6-21-13)16-15(18)20/h5-6,9-11H,2-4,7-8H2,1H3,(H,16,20). The molecule has 0 aromatic carbocycles. The Morgan fingerprint density at radius 2 is 2.00 bits per heavy atom. The van der Waals surface area contributed by atoms with Crippen molar-refractivity contribution >= 4 is 33.8 Å². The fourth-order valence-electron chi connectivity index (χ4n) is 4.08. The Hall–Kier alpha value is -0.980. The summed E-state index contributed by atoms with van der Waals surface area (Å²) >= 11 is 6.97. The van der Waals surface area contributed by atoms with Gasteiger partial charge in [-0.2, -0.15) is 0 Å². The highest BCUT2D eigenvalue weighted by molar-refractivity contribution is 7.71. The first kappa shape index (κ1) is 13.7. The van der Waals surface area contributed by atoms with Gasteiger partial charge < -0.3 is 9.88 Å². The second-order valence-corrected chi connectivity index (χ2v) is 7.60. The van der Waals surface area contributed by atoms with Gasteiger partial charge in [-0.05, 0) is 56.4 Å². The van der Waals surface area contributed by atoms with E-state index in [9.17, 15) is 4.79 Å². The largest absolute Gasteiger partial charge is 0.331 e. The summed E-state index contributed by atoms with van der Waals surface area (Å²) < 4.78 is 3.23. The van der Waals surface area contributed by atoms with Gasteiger partial charge >= 0.3 is 0 Å². The highest BCUT2D eigenvalue weighted by Crippen LogP contribution is 2.37. The molecule has 2 aromatic rings. The molecule has 2 bridgehead atoms. The van der Waals surface area contributed by atoms with Gasteiger partial charge in [-0.1, -0.05) is 6.42 Å². The number of H-pyrrole nitrogens is 1. The van der Waals surface area contributed by atoms with Crippen molar-refractivity contribution in [3.63, 3.8) is 0 Å². The van der Waals surface area contributed by atoms with E-state index in [1.807, 2.05) is 16.0 Å². The summed E-state index contributed by atoms with van der Waals surface area (Å²) in [7, 11) is 2.23. The summed E-state index contributed by atoms with van der Waals surface area (Å²) in [5.41, 5.74) is 0.968. The number of fused-ring (bicyclic) bond motifs is 3. The average molecular weight is 321 g/mol. The van der Waals surface area contributed by atoms with E-state index < -0.39 is 0 Å². The molecular formula is C15H19N3OS2. The van der Waals surface area contributed by atoms with Crippen molar-refractivity contribution < 1.29 is 0 Å². The lowest BCUT2D eigenvalue weighted by molar-refractivity contribution is 0.0387. The van der Waals surface area contributed by atoms with Gasteiger partial charge in [-0.25, -0.2) is 0 Å². The van der Waals surface area contributed by atoms with Crippen LogP contribution in [-0.4, -0.2) is 33.6 Å². The van der Waals surface area contributed by atoms with Gasteiger partial charge in [0.1, 0.15) is 4.70 Å². The van der Waals surface area contributed by atoms with Crippen molar-refractivity contribution in [2.45, 2.75) is 50.2 Å². The van der Waals surface area contributed by atoms with E-state index >= 15 is 0 Å². The molecule has 0 amide bonds. The number of hydrogen-bond donors (Lipinski definition) is 1. The Morgan fingerprint density at radius 3 is 2.71 bits per heavy atom. The van der Waals surface area contributed by atoms with Crippen molar-refractivity contribution in [2.75, 3.05) is 7.05 Å².